The molecule has 0 fully saturated rings. The number of hydrogen-bond donors (Lipinski definition) is 1. The molecule has 0 unspecified atom stereocenters. The highest BCUT2D eigenvalue weighted by molar-refractivity contribution is 5.32. The standard InChI is InChI=1S/C19H19F2NO/c20-16-8-4-14(5-9-16)19(15-6-10-17(21)11-7-15)3-1-2-18-12-13-23-22-18/h4-12,19,22H,1-3,13H2. The van der Waals surface area contributed by atoms with Crippen LogP contribution in [0.2, 0.25) is 0 Å². The van der Waals surface area contributed by atoms with Crippen LogP contribution in [0.5, 0.6) is 0 Å². The lowest BCUT2D eigenvalue weighted by Crippen LogP contribution is -2.07. The quantitative estimate of drug-likeness (QED) is 0.835. The maximum absolute atomic E-state index is 13.2. The minimum Gasteiger partial charge on any atom is -0.272 e. The highest BCUT2D eigenvalue weighted by Crippen LogP contribution is 2.30. The number of allylic oxidation sites excluding steroid dienone is 1. The van der Waals surface area contributed by atoms with Crippen LogP contribution in [0.1, 0.15) is 36.3 Å². The average Bonchev–Trinajstić information content (AvgIpc) is 3.07. The molecule has 2 aromatic rings. The Morgan fingerprint density at radius 1 is 0.913 bits per heavy atom. The van der Waals surface area contributed by atoms with Gasteiger partial charge in [0.05, 0.1) is 6.61 Å². The van der Waals surface area contributed by atoms with E-state index in [1.807, 2.05) is 6.08 Å². The number of nitrogens with one attached hydrogen (secondary N) is 1. The summed E-state index contributed by atoms with van der Waals surface area (Å²) in [5.74, 6) is -0.368. The molecule has 0 atom stereocenters. The molecule has 1 aliphatic heterocycles. The molecule has 120 valence electrons. The first-order chi connectivity index (χ1) is 11.2. The predicted octanol–water partition coefficient (Wildman–Crippen LogP) is 4.69. The van der Waals surface area contributed by atoms with E-state index in [4.69, 9.17) is 4.84 Å². The molecule has 0 saturated carbocycles. The lowest BCUT2D eigenvalue weighted by Gasteiger charge is -2.18. The smallest absolute Gasteiger partial charge is 0.123 e. The number of hydrogen-bond acceptors (Lipinski definition) is 2. The van der Waals surface area contributed by atoms with Crippen LogP contribution in [0.3, 0.4) is 0 Å². The van der Waals surface area contributed by atoms with E-state index < -0.39 is 0 Å². The summed E-state index contributed by atoms with van der Waals surface area (Å²) >= 11 is 0. The van der Waals surface area contributed by atoms with E-state index in [2.05, 4.69) is 5.48 Å². The number of halogens is 2. The van der Waals surface area contributed by atoms with Gasteiger partial charge < -0.3 is 0 Å². The van der Waals surface area contributed by atoms with Crippen molar-refractivity contribution in [2.24, 2.45) is 0 Å². The SMILES string of the molecule is Fc1ccc(C(CCCC2=CCON2)c2ccc(F)cc2)cc1. The Kier molecular flexibility index (Phi) is 5.03. The first-order valence-electron chi connectivity index (χ1n) is 7.80. The molecule has 2 aromatic carbocycles. The van der Waals surface area contributed by atoms with Gasteiger partial charge in [-0.15, -0.1) is 0 Å². The van der Waals surface area contributed by atoms with Gasteiger partial charge >= 0.3 is 0 Å². The first kappa shape index (κ1) is 15.7. The summed E-state index contributed by atoms with van der Waals surface area (Å²) in [7, 11) is 0. The second kappa shape index (κ2) is 7.38. The molecule has 0 amide bonds. The maximum Gasteiger partial charge on any atom is 0.123 e. The molecule has 1 heterocycles. The van der Waals surface area contributed by atoms with Crippen molar-refractivity contribution in [3.05, 3.63) is 83.1 Å². The summed E-state index contributed by atoms with van der Waals surface area (Å²) in [6, 6.07) is 13.1. The average molecular weight is 315 g/mol. The van der Waals surface area contributed by atoms with Crippen molar-refractivity contribution in [1.29, 1.82) is 0 Å². The second-order valence-electron chi connectivity index (χ2n) is 5.69. The molecule has 23 heavy (non-hydrogen) atoms. The molecule has 0 bridgehead atoms. The van der Waals surface area contributed by atoms with Crippen LogP contribution < -0.4 is 5.48 Å². The van der Waals surface area contributed by atoms with Gasteiger partial charge in [-0.05, 0) is 60.7 Å². The number of rotatable bonds is 6. The van der Waals surface area contributed by atoms with Gasteiger partial charge in [0.15, 0.2) is 0 Å². The minimum absolute atomic E-state index is 0.124. The van der Waals surface area contributed by atoms with Gasteiger partial charge in [-0.2, -0.15) is 0 Å². The molecule has 2 nitrogen and oxygen atoms in total. The third-order valence-corrected chi connectivity index (χ3v) is 4.10. The van der Waals surface area contributed by atoms with E-state index >= 15 is 0 Å². The molecular weight excluding hydrogens is 296 g/mol. The highest BCUT2D eigenvalue weighted by Gasteiger charge is 2.15. The topological polar surface area (TPSA) is 21.3 Å². The van der Waals surface area contributed by atoms with Crippen LogP contribution in [-0.2, 0) is 4.84 Å². The second-order valence-corrected chi connectivity index (χ2v) is 5.69. The summed E-state index contributed by atoms with van der Waals surface area (Å²) in [6.07, 6.45) is 4.79. The molecule has 0 radical (unpaired) electrons. The summed E-state index contributed by atoms with van der Waals surface area (Å²) in [6.45, 7) is 0.606. The molecule has 3 rings (SSSR count). The molecular formula is C19H19F2NO. The van der Waals surface area contributed by atoms with Gasteiger partial charge in [0.1, 0.15) is 11.6 Å². The highest BCUT2D eigenvalue weighted by atomic mass is 19.1. The van der Waals surface area contributed by atoms with E-state index in [1.54, 1.807) is 24.3 Å². The molecule has 0 aromatic heterocycles. The Morgan fingerprint density at radius 2 is 1.48 bits per heavy atom. The normalized spacial score (nSPS) is 14.0. The van der Waals surface area contributed by atoms with E-state index in [-0.39, 0.29) is 17.6 Å². The van der Waals surface area contributed by atoms with Gasteiger partial charge in [0.25, 0.3) is 0 Å². The largest absolute Gasteiger partial charge is 0.272 e. The summed E-state index contributed by atoms with van der Waals surface area (Å²) in [4.78, 5) is 5.08. The molecule has 0 aliphatic carbocycles. The van der Waals surface area contributed by atoms with Crippen LogP contribution in [0.25, 0.3) is 0 Å². The molecule has 0 spiro atoms. The Morgan fingerprint density at radius 3 is 1.96 bits per heavy atom. The fourth-order valence-corrected chi connectivity index (χ4v) is 2.88. The van der Waals surface area contributed by atoms with Crippen molar-refractivity contribution < 1.29 is 13.6 Å². The Hall–Kier alpha value is -2.20. The number of hydroxylamine groups is 1. The van der Waals surface area contributed by atoms with Crippen molar-refractivity contribution in [2.75, 3.05) is 6.61 Å². The lowest BCUT2D eigenvalue weighted by molar-refractivity contribution is 0.106. The zero-order valence-corrected chi connectivity index (χ0v) is 12.8. The Balaban J connectivity index is 1.75. The van der Waals surface area contributed by atoms with Crippen LogP contribution in [0, 0.1) is 11.6 Å². The van der Waals surface area contributed by atoms with E-state index in [0.29, 0.717) is 6.61 Å². The Bertz CT molecular complexity index is 619. The molecule has 1 N–H and O–H groups in total. The summed E-state index contributed by atoms with van der Waals surface area (Å²) in [5, 5.41) is 0. The molecule has 0 saturated heterocycles. The van der Waals surface area contributed by atoms with E-state index in [1.165, 1.54) is 24.3 Å². The van der Waals surface area contributed by atoms with Crippen molar-refractivity contribution in [3.63, 3.8) is 0 Å². The van der Waals surface area contributed by atoms with E-state index in [0.717, 1.165) is 36.1 Å². The zero-order valence-electron chi connectivity index (χ0n) is 12.8. The van der Waals surface area contributed by atoms with Gasteiger partial charge in [0.2, 0.25) is 0 Å². The zero-order chi connectivity index (χ0) is 16.1. The monoisotopic (exact) mass is 315 g/mol. The van der Waals surface area contributed by atoms with Gasteiger partial charge in [-0.1, -0.05) is 24.3 Å². The van der Waals surface area contributed by atoms with Crippen LogP contribution in [-0.4, -0.2) is 6.61 Å². The van der Waals surface area contributed by atoms with Crippen molar-refractivity contribution in [3.8, 4) is 0 Å². The van der Waals surface area contributed by atoms with E-state index in [9.17, 15) is 8.78 Å². The Labute approximate surface area is 134 Å². The molecule has 4 heteroatoms. The van der Waals surface area contributed by atoms with Crippen LogP contribution in [0.4, 0.5) is 8.78 Å². The minimum atomic E-state index is -0.246. The van der Waals surface area contributed by atoms with Crippen molar-refractivity contribution >= 4 is 0 Å². The van der Waals surface area contributed by atoms with Gasteiger partial charge in [-0.25, -0.2) is 8.78 Å². The summed E-state index contributed by atoms with van der Waals surface area (Å²) in [5.41, 5.74) is 6.07. The lowest BCUT2D eigenvalue weighted by atomic mass is 9.87. The number of benzene rings is 2. The fourth-order valence-electron chi connectivity index (χ4n) is 2.88. The van der Waals surface area contributed by atoms with Crippen molar-refractivity contribution in [2.45, 2.75) is 25.2 Å². The maximum atomic E-state index is 13.2. The van der Waals surface area contributed by atoms with Gasteiger partial charge in [-0.3, -0.25) is 10.3 Å². The first-order valence-corrected chi connectivity index (χ1v) is 7.80. The third-order valence-electron chi connectivity index (χ3n) is 4.10. The predicted molar refractivity (Wildman–Crippen MR) is 85.7 cm³/mol. The van der Waals surface area contributed by atoms with Crippen LogP contribution >= 0.6 is 0 Å². The van der Waals surface area contributed by atoms with Crippen LogP contribution in [0.15, 0.2) is 60.3 Å². The van der Waals surface area contributed by atoms with Gasteiger partial charge in [0, 0.05) is 11.6 Å². The molecule has 1 aliphatic rings. The third kappa shape index (κ3) is 4.17. The van der Waals surface area contributed by atoms with Crippen molar-refractivity contribution in [1.82, 2.24) is 5.48 Å². The fraction of sp³-hybridized carbons (Fsp3) is 0.263. The summed E-state index contributed by atoms with van der Waals surface area (Å²) < 4.78 is 26.4.